The number of hydrogen-bond donors (Lipinski definition) is 2. The maximum Gasteiger partial charge on any atom is 0.306 e. The normalized spacial score (nSPS) is 24.2. The summed E-state index contributed by atoms with van der Waals surface area (Å²) in [6.07, 6.45) is 2.51. The molecule has 1 aliphatic carbocycles. The van der Waals surface area contributed by atoms with Crippen LogP contribution >= 0.6 is 0 Å². The second kappa shape index (κ2) is 5.48. The van der Waals surface area contributed by atoms with Crippen molar-refractivity contribution in [2.24, 2.45) is 11.8 Å². The molecule has 1 fully saturated rings. The van der Waals surface area contributed by atoms with Gasteiger partial charge in [0.2, 0.25) is 5.91 Å². The van der Waals surface area contributed by atoms with Crippen LogP contribution in [0.1, 0.15) is 33.1 Å². The molecule has 0 aromatic heterocycles. The highest BCUT2D eigenvalue weighted by Crippen LogP contribution is 2.31. The van der Waals surface area contributed by atoms with Gasteiger partial charge < -0.3 is 10.4 Å². The second-order valence-corrected chi connectivity index (χ2v) is 8.44. The zero-order valence-electron chi connectivity index (χ0n) is 11.5. The average Bonchev–Trinajstić information content (AvgIpc) is 2.73. The molecule has 0 bridgehead atoms. The molecule has 1 saturated carbocycles. The number of hydrogen-bond acceptors (Lipinski definition) is 4. The quantitative estimate of drug-likeness (QED) is 0.765. The number of nitrogens with one attached hydrogen (secondary N) is 1. The Morgan fingerprint density at radius 2 is 1.79 bits per heavy atom. The van der Waals surface area contributed by atoms with Crippen LogP contribution in [0.15, 0.2) is 0 Å². The van der Waals surface area contributed by atoms with E-state index in [4.69, 9.17) is 5.11 Å². The van der Waals surface area contributed by atoms with E-state index in [1.165, 1.54) is 0 Å². The Morgan fingerprint density at radius 1 is 1.26 bits per heavy atom. The lowest BCUT2D eigenvalue weighted by Gasteiger charge is -2.23. The lowest BCUT2D eigenvalue weighted by atomic mass is 10.0. The van der Waals surface area contributed by atoms with Crippen molar-refractivity contribution in [1.82, 2.24) is 5.32 Å². The van der Waals surface area contributed by atoms with E-state index in [-0.39, 0.29) is 18.4 Å². The maximum atomic E-state index is 11.9. The van der Waals surface area contributed by atoms with E-state index in [0.717, 1.165) is 6.26 Å². The van der Waals surface area contributed by atoms with Crippen molar-refractivity contribution in [3.05, 3.63) is 0 Å². The van der Waals surface area contributed by atoms with Gasteiger partial charge in [0.15, 0.2) is 9.84 Å². The van der Waals surface area contributed by atoms with Crippen LogP contribution in [0.4, 0.5) is 0 Å². The highest BCUT2D eigenvalue weighted by Gasteiger charge is 2.36. The Balaban J connectivity index is 2.52. The van der Waals surface area contributed by atoms with Gasteiger partial charge in [0, 0.05) is 18.7 Å². The molecule has 0 heterocycles. The van der Waals surface area contributed by atoms with Gasteiger partial charge in [0.05, 0.1) is 10.7 Å². The average molecular weight is 291 g/mol. The van der Waals surface area contributed by atoms with Crippen molar-refractivity contribution < 1.29 is 23.1 Å². The molecular formula is C12H21NO5S. The smallest absolute Gasteiger partial charge is 0.306 e. The molecule has 2 N–H and O–H groups in total. The summed E-state index contributed by atoms with van der Waals surface area (Å²) in [4.78, 5) is 22.7. The molecule has 19 heavy (non-hydrogen) atoms. The molecule has 0 saturated heterocycles. The molecule has 2 atom stereocenters. The van der Waals surface area contributed by atoms with Crippen LogP contribution < -0.4 is 5.32 Å². The first-order chi connectivity index (χ1) is 8.54. The first-order valence-corrected chi connectivity index (χ1v) is 8.14. The van der Waals surface area contributed by atoms with Crippen LogP contribution in [0.3, 0.4) is 0 Å². The van der Waals surface area contributed by atoms with E-state index in [2.05, 4.69) is 5.32 Å². The van der Waals surface area contributed by atoms with Crippen LogP contribution in [0.25, 0.3) is 0 Å². The summed E-state index contributed by atoms with van der Waals surface area (Å²) < 4.78 is 22.0. The molecule has 0 aromatic rings. The Bertz CT molecular complexity index is 469. The molecule has 7 heteroatoms. The van der Waals surface area contributed by atoms with E-state index in [1.54, 1.807) is 13.8 Å². The molecule has 110 valence electrons. The van der Waals surface area contributed by atoms with Crippen molar-refractivity contribution >= 4 is 21.7 Å². The SMILES string of the molecule is CC(C)(CNC(=O)[C@@H]1CC[C@H](C(=O)O)C1)S(C)(=O)=O. The molecule has 0 radical (unpaired) electrons. The number of carbonyl (C=O) groups is 2. The van der Waals surface area contributed by atoms with Crippen molar-refractivity contribution in [3.63, 3.8) is 0 Å². The van der Waals surface area contributed by atoms with Gasteiger partial charge in [0.25, 0.3) is 0 Å². The zero-order valence-corrected chi connectivity index (χ0v) is 12.3. The lowest BCUT2D eigenvalue weighted by molar-refractivity contribution is -0.141. The van der Waals surface area contributed by atoms with Crippen LogP contribution in [0.2, 0.25) is 0 Å². The van der Waals surface area contributed by atoms with Crippen molar-refractivity contribution in [2.45, 2.75) is 37.9 Å². The monoisotopic (exact) mass is 291 g/mol. The van der Waals surface area contributed by atoms with Gasteiger partial charge in [-0.2, -0.15) is 0 Å². The van der Waals surface area contributed by atoms with E-state index in [9.17, 15) is 18.0 Å². The van der Waals surface area contributed by atoms with Crippen LogP contribution in [-0.4, -0.2) is 42.9 Å². The number of sulfone groups is 1. The predicted octanol–water partition coefficient (Wildman–Crippen LogP) is 0.427. The molecule has 0 unspecified atom stereocenters. The number of carboxylic acids is 1. The van der Waals surface area contributed by atoms with Crippen LogP contribution in [0, 0.1) is 11.8 Å². The number of carboxylic acid groups (broad SMARTS) is 1. The topological polar surface area (TPSA) is 101 Å². The fourth-order valence-electron chi connectivity index (χ4n) is 2.02. The Labute approximate surface area is 113 Å². The zero-order chi connectivity index (χ0) is 14.8. The third kappa shape index (κ3) is 3.92. The van der Waals surface area contributed by atoms with Crippen molar-refractivity contribution in [1.29, 1.82) is 0 Å². The van der Waals surface area contributed by atoms with E-state index >= 15 is 0 Å². The van der Waals surface area contributed by atoms with Gasteiger partial charge in [0.1, 0.15) is 0 Å². The standard InChI is InChI=1S/C12H21NO5S/c1-12(2,19(3,17)18)7-13-10(14)8-4-5-9(6-8)11(15)16/h8-9H,4-7H2,1-3H3,(H,13,14)(H,15,16)/t8-,9+/m1/s1. The largest absolute Gasteiger partial charge is 0.481 e. The van der Waals surface area contributed by atoms with E-state index in [1.807, 2.05) is 0 Å². The first kappa shape index (κ1) is 15.9. The van der Waals surface area contributed by atoms with Crippen molar-refractivity contribution in [2.75, 3.05) is 12.8 Å². The van der Waals surface area contributed by atoms with Gasteiger partial charge in [-0.25, -0.2) is 8.42 Å². The molecule has 1 aliphatic rings. The minimum atomic E-state index is -3.25. The van der Waals surface area contributed by atoms with Gasteiger partial charge in [-0.1, -0.05) is 0 Å². The second-order valence-electron chi connectivity index (χ2n) is 5.79. The first-order valence-electron chi connectivity index (χ1n) is 6.25. The minimum Gasteiger partial charge on any atom is -0.481 e. The van der Waals surface area contributed by atoms with Crippen molar-refractivity contribution in [3.8, 4) is 0 Å². The Kier molecular flexibility index (Phi) is 4.60. The molecule has 0 spiro atoms. The number of aliphatic carboxylic acids is 1. The van der Waals surface area contributed by atoms with Gasteiger partial charge in [-0.15, -0.1) is 0 Å². The number of amides is 1. The Hall–Kier alpha value is -1.11. The third-order valence-electron chi connectivity index (χ3n) is 3.84. The fourth-order valence-corrected chi connectivity index (χ4v) is 2.35. The highest BCUT2D eigenvalue weighted by molar-refractivity contribution is 7.92. The summed E-state index contributed by atoms with van der Waals surface area (Å²) in [5.74, 6) is -1.90. The van der Waals surface area contributed by atoms with E-state index in [0.29, 0.717) is 19.3 Å². The van der Waals surface area contributed by atoms with Gasteiger partial charge >= 0.3 is 5.97 Å². The summed E-state index contributed by atoms with van der Waals surface area (Å²) in [5, 5.41) is 11.5. The highest BCUT2D eigenvalue weighted by atomic mass is 32.2. The molecule has 1 rings (SSSR count). The molecule has 0 aromatic carbocycles. The molecule has 1 amide bonds. The minimum absolute atomic E-state index is 0.0406. The van der Waals surface area contributed by atoms with Gasteiger partial charge in [-0.05, 0) is 33.1 Å². The molecular weight excluding hydrogens is 270 g/mol. The molecule has 6 nitrogen and oxygen atoms in total. The summed E-state index contributed by atoms with van der Waals surface area (Å²) >= 11 is 0. The summed E-state index contributed by atoms with van der Waals surface area (Å²) in [5.41, 5.74) is 0. The number of rotatable bonds is 5. The third-order valence-corrected chi connectivity index (χ3v) is 6.00. The van der Waals surface area contributed by atoms with Crippen LogP contribution in [0.5, 0.6) is 0 Å². The summed E-state index contributed by atoms with van der Waals surface area (Å²) in [6, 6.07) is 0. The number of carbonyl (C=O) groups excluding carboxylic acids is 1. The summed E-state index contributed by atoms with van der Waals surface area (Å²) in [7, 11) is -3.25. The molecule has 0 aliphatic heterocycles. The van der Waals surface area contributed by atoms with Crippen LogP contribution in [-0.2, 0) is 19.4 Å². The maximum absolute atomic E-state index is 11.9. The summed E-state index contributed by atoms with van der Waals surface area (Å²) in [6.45, 7) is 3.15. The fraction of sp³-hybridized carbons (Fsp3) is 0.833. The Morgan fingerprint density at radius 3 is 2.21 bits per heavy atom. The lowest BCUT2D eigenvalue weighted by Crippen LogP contribution is -2.45. The predicted molar refractivity (Wildman–Crippen MR) is 70.4 cm³/mol. The van der Waals surface area contributed by atoms with Gasteiger partial charge in [-0.3, -0.25) is 9.59 Å². The van der Waals surface area contributed by atoms with E-state index < -0.39 is 26.5 Å².